The van der Waals surface area contributed by atoms with E-state index in [9.17, 15) is 4.79 Å². The average Bonchev–Trinajstić information content (AvgIpc) is 3.20. The van der Waals surface area contributed by atoms with Crippen molar-refractivity contribution in [3.05, 3.63) is 77.2 Å². The van der Waals surface area contributed by atoms with Gasteiger partial charge in [-0.15, -0.1) is 0 Å². The molecule has 0 unspecified atom stereocenters. The number of nitrogens with zero attached hydrogens (tertiary/aromatic N) is 1. The molecule has 2 aromatic carbocycles. The maximum absolute atomic E-state index is 10.9. The summed E-state index contributed by atoms with van der Waals surface area (Å²) in [4.78, 5) is 15.4. The molecule has 0 atom stereocenters. The second kappa shape index (κ2) is 8.86. The van der Waals surface area contributed by atoms with Crippen LogP contribution < -0.4 is 9.47 Å². The van der Waals surface area contributed by atoms with Gasteiger partial charge in [-0.2, -0.15) is 0 Å². The van der Waals surface area contributed by atoms with Crippen LogP contribution in [0.3, 0.4) is 0 Å². The first-order valence-corrected chi connectivity index (χ1v) is 9.54. The smallest absolute Gasteiger partial charge is 0.371 e. The second-order valence-corrected chi connectivity index (χ2v) is 7.83. The van der Waals surface area contributed by atoms with Crippen molar-refractivity contribution >= 4 is 17.9 Å². The van der Waals surface area contributed by atoms with Gasteiger partial charge in [0.1, 0.15) is 12.4 Å². The first kappa shape index (κ1) is 21.2. The van der Waals surface area contributed by atoms with Gasteiger partial charge in [0, 0.05) is 6.21 Å². The summed E-state index contributed by atoms with van der Waals surface area (Å²) in [7, 11) is 1.56. The minimum atomic E-state index is -1.12. The number of aliphatic imine (C=N–C) groups is 1. The number of hydrogen-bond donors (Lipinski definition) is 1. The Balaban J connectivity index is 1.68. The highest BCUT2D eigenvalue weighted by Gasteiger charge is 2.13. The van der Waals surface area contributed by atoms with Crippen LogP contribution in [0.25, 0.3) is 0 Å². The number of hydrogen-bond acceptors (Lipinski definition) is 5. The lowest BCUT2D eigenvalue weighted by Gasteiger charge is -2.18. The molecule has 0 saturated carbocycles. The number of methoxy groups -OCH3 is 1. The summed E-state index contributed by atoms with van der Waals surface area (Å²) in [5.41, 5.74) is 3.10. The first-order valence-electron chi connectivity index (χ1n) is 9.54. The van der Waals surface area contributed by atoms with Crippen LogP contribution in [0, 0.1) is 0 Å². The molecule has 0 bridgehead atoms. The van der Waals surface area contributed by atoms with Crippen molar-refractivity contribution in [3.8, 4) is 11.5 Å². The Morgan fingerprint density at radius 3 is 2.40 bits per heavy atom. The Morgan fingerprint density at radius 1 is 1.07 bits per heavy atom. The van der Waals surface area contributed by atoms with Crippen molar-refractivity contribution in [1.29, 1.82) is 0 Å². The Labute approximate surface area is 175 Å². The standard InChI is InChI=1S/C24H25NO5/c1-24(2,3)17-6-8-18(9-7-17)25-14-16-5-11-20(22(13-16)28-4)29-15-19-10-12-21(30-19)23(26)27/h5-14H,15H2,1-4H3,(H,26,27). The topological polar surface area (TPSA) is 81.3 Å². The number of benzene rings is 2. The fraction of sp³-hybridized carbons (Fsp3) is 0.250. The van der Waals surface area contributed by atoms with Crippen molar-refractivity contribution in [3.63, 3.8) is 0 Å². The van der Waals surface area contributed by atoms with Crippen LogP contribution in [-0.4, -0.2) is 24.4 Å². The third kappa shape index (κ3) is 5.29. The zero-order valence-corrected chi connectivity index (χ0v) is 17.5. The lowest BCUT2D eigenvalue weighted by molar-refractivity contribution is 0.0658. The van der Waals surface area contributed by atoms with Gasteiger partial charge in [-0.3, -0.25) is 4.99 Å². The zero-order valence-electron chi connectivity index (χ0n) is 17.5. The molecule has 0 amide bonds. The van der Waals surface area contributed by atoms with E-state index in [0.29, 0.717) is 17.3 Å². The van der Waals surface area contributed by atoms with Crippen molar-refractivity contribution in [1.82, 2.24) is 0 Å². The molecule has 6 nitrogen and oxygen atoms in total. The molecular formula is C24H25NO5. The summed E-state index contributed by atoms with van der Waals surface area (Å²) in [6.07, 6.45) is 1.77. The highest BCUT2D eigenvalue weighted by Crippen LogP contribution is 2.29. The average molecular weight is 407 g/mol. The SMILES string of the molecule is COc1cc(C=Nc2ccc(C(C)(C)C)cc2)ccc1OCc1ccc(C(=O)O)o1. The molecule has 3 aromatic rings. The fourth-order valence-electron chi connectivity index (χ4n) is 2.80. The monoisotopic (exact) mass is 407 g/mol. The minimum absolute atomic E-state index is 0.0944. The van der Waals surface area contributed by atoms with E-state index in [2.05, 4.69) is 37.9 Å². The molecule has 0 aliphatic carbocycles. The molecule has 1 aromatic heterocycles. The lowest BCUT2D eigenvalue weighted by Crippen LogP contribution is -2.10. The summed E-state index contributed by atoms with van der Waals surface area (Å²) in [6.45, 7) is 6.63. The van der Waals surface area contributed by atoms with Crippen LogP contribution in [0.2, 0.25) is 0 Å². The molecule has 0 radical (unpaired) electrons. The predicted octanol–water partition coefficient (Wildman–Crippen LogP) is 5.61. The molecule has 0 spiro atoms. The van der Waals surface area contributed by atoms with Crippen LogP contribution in [0.1, 0.15) is 48.2 Å². The molecule has 0 aliphatic heterocycles. The van der Waals surface area contributed by atoms with Crippen LogP contribution >= 0.6 is 0 Å². The molecular weight excluding hydrogens is 382 g/mol. The minimum Gasteiger partial charge on any atom is -0.493 e. The van der Waals surface area contributed by atoms with Crippen molar-refractivity contribution in [2.45, 2.75) is 32.8 Å². The molecule has 1 N–H and O–H groups in total. The van der Waals surface area contributed by atoms with E-state index >= 15 is 0 Å². The molecule has 30 heavy (non-hydrogen) atoms. The van der Waals surface area contributed by atoms with E-state index in [-0.39, 0.29) is 17.8 Å². The van der Waals surface area contributed by atoms with E-state index in [1.807, 2.05) is 24.3 Å². The van der Waals surface area contributed by atoms with Crippen LogP contribution in [0.15, 0.2) is 64.0 Å². The van der Waals surface area contributed by atoms with Gasteiger partial charge in [0.05, 0.1) is 12.8 Å². The van der Waals surface area contributed by atoms with Crippen molar-refractivity contribution in [2.75, 3.05) is 7.11 Å². The first-order chi connectivity index (χ1) is 14.3. The summed E-state index contributed by atoms with van der Waals surface area (Å²) in [5.74, 6) is 0.251. The number of carbonyl (C=O) groups is 1. The van der Waals surface area contributed by atoms with E-state index in [1.54, 1.807) is 25.5 Å². The van der Waals surface area contributed by atoms with E-state index in [1.165, 1.54) is 11.6 Å². The highest BCUT2D eigenvalue weighted by atomic mass is 16.5. The zero-order chi connectivity index (χ0) is 21.7. The molecule has 0 saturated heterocycles. The third-order valence-electron chi connectivity index (χ3n) is 4.53. The highest BCUT2D eigenvalue weighted by molar-refractivity contribution is 5.84. The number of carboxylic acid groups (broad SMARTS) is 1. The van der Waals surface area contributed by atoms with Gasteiger partial charge in [-0.05, 0) is 59.0 Å². The van der Waals surface area contributed by atoms with Gasteiger partial charge in [0.25, 0.3) is 0 Å². The largest absolute Gasteiger partial charge is 0.493 e. The normalized spacial score (nSPS) is 11.6. The van der Waals surface area contributed by atoms with Crippen LogP contribution in [0.5, 0.6) is 11.5 Å². The number of furan rings is 1. The maximum Gasteiger partial charge on any atom is 0.371 e. The number of ether oxygens (including phenoxy) is 2. The molecule has 6 heteroatoms. The van der Waals surface area contributed by atoms with Crippen LogP contribution in [0.4, 0.5) is 5.69 Å². The molecule has 156 valence electrons. The number of aromatic carboxylic acids is 1. The number of carboxylic acids is 1. The van der Waals surface area contributed by atoms with Crippen LogP contribution in [-0.2, 0) is 12.0 Å². The Morgan fingerprint density at radius 2 is 1.80 bits per heavy atom. The van der Waals surface area contributed by atoms with Gasteiger partial charge in [-0.1, -0.05) is 32.9 Å². The molecule has 3 rings (SSSR count). The van der Waals surface area contributed by atoms with E-state index in [4.69, 9.17) is 19.0 Å². The lowest BCUT2D eigenvalue weighted by atomic mass is 9.87. The summed E-state index contributed by atoms with van der Waals surface area (Å²) < 4.78 is 16.3. The maximum atomic E-state index is 10.9. The van der Waals surface area contributed by atoms with E-state index in [0.717, 1.165) is 11.3 Å². The third-order valence-corrected chi connectivity index (χ3v) is 4.53. The number of rotatable bonds is 7. The van der Waals surface area contributed by atoms with Gasteiger partial charge < -0.3 is 19.0 Å². The molecule has 0 aliphatic rings. The summed E-state index contributed by atoms with van der Waals surface area (Å²) in [5, 5.41) is 8.91. The predicted molar refractivity (Wildman–Crippen MR) is 115 cm³/mol. The van der Waals surface area contributed by atoms with Crippen molar-refractivity contribution in [2.24, 2.45) is 4.99 Å². The Hall–Kier alpha value is -3.54. The van der Waals surface area contributed by atoms with E-state index < -0.39 is 5.97 Å². The Kier molecular flexibility index (Phi) is 6.26. The second-order valence-electron chi connectivity index (χ2n) is 7.83. The fourth-order valence-corrected chi connectivity index (χ4v) is 2.80. The molecule has 1 heterocycles. The summed E-state index contributed by atoms with van der Waals surface area (Å²) >= 11 is 0. The molecule has 0 fully saturated rings. The van der Waals surface area contributed by atoms with Gasteiger partial charge >= 0.3 is 5.97 Å². The van der Waals surface area contributed by atoms with Gasteiger partial charge in [0.15, 0.2) is 11.5 Å². The van der Waals surface area contributed by atoms with Gasteiger partial charge in [-0.25, -0.2) is 4.79 Å². The van der Waals surface area contributed by atoms with Gasteiger partial charge in [0.2, 0.25) is 5.76 Å². The summed E-state index contributed by atoms with van der Waals surface area (Å²) in [6, 6.07) is 16.6. The van der Waals surface area contributed by atoms with Crippen molar-refractivity contribution < 1.29 is 23.8 Å². The quantitative estimate of drug-likeness (QED) is 0.515. The Bertz CT molecular complexity index is 1040.